The van der Waals surface area contributed by atoms with Crippen molar-refractivity contribution in [1.82, 2.24) is 10.2 Å². The third kappa shape index (κ3) is 6.69. The smallest absolute Gasteiger partial charge is 0.242 e. The van der Waals surface area contributed by atoms with E-state index in [2.05, 4.69) is 5.32 Å². The summed E-state index contributed by atoms with van der Waals surface area (Å²) >= 11 is 5.96. The molecular weight excluding hydrogens is 408 g/mol. The van der Waals surface area contributed by atoms with Crippen LogP contribution >= 0.6 is 11.6 Å². The van der Waals surface area contributed by atoms with Crippen molar-refractivity contribution in [3.05, 3.63) is 106 Å². The number of hydrogen-bond acceptors (Lipinski definition) is 2. The summed E-state index contributed by atoms with van der Waals surface area (Å²) in [5, 5.41) is 3.59. The Bertz CT molecular complexity index is 1000. The Labute approximate surface area is 188 Å². The standard InChI is InChI=1S/C26H27ClN2O2/c1-19-8-10-22(11-9-19)17-28-26(31)20(2)29(18-23-6-4-3-5-7-23)25(30)16-21-12-14-24(27)15-13-21/h3-15,20H,16-18H2,1-2H3,(H,28,31)/t20-/m0/s1. The van der Waals surface area contributed by atoms with Crippen LogP contribution in [0.4, 0.5) is 0 Å². The summed E-state index contributed by atoms with van der Waals surface area (Å²) in [6.45, 7) is 4.59. The van der Waals surface area contributed by atoms with Crippen LogP contribution in [0.25, 0.3) is 0 Å². The molecule has 0 heterocycles. The number of amides is 2. The van der Waals surface area contributed by atoms with Gasteiger partial charge in [0, 0.05) is 18.1 Å². The number of hydrogen-bond donors (Lipinski definition) is 1. The Kier molecular flexibility index (Phi) is 7.85. The number of carbonyl (C=O) groups excluding carboxylic acids is 2. The van der Waals surface area contributed by atoms with Crippen LogP contribution in [0.3, 0.4) is 0 Å². The van der Waals surface area contributed by atoms with Crippen LogP contribution in [0, 0.1) is 6.92 Å². The fourth-order valence-electron chi connectivity index (χ4n) is 3.28. The van der Waals surface area contributed by atoms with E-state index >= 15 is 0 Å². The van der Waals surface area contributed by atoms with Gasteiger partial charge in [-0.3, -0.25) is 9.59 Å². The van der Waals surface area contributed by atoms with Crippen molar-refractivity contribution in [2.24, 2.45) is 0 Å². The zero-order valence-corrected chi connectivity index (χ0v) is 18.6. The monoisotopic (exact) mass is 434 g/mol. The van der Waals surface area contributed by atoms with Crippen molar-refractivity contribution < 1.29 is 9.59 Å². The molecule has 0 aliphatic rings. The van der Waals surface area contributed by atoms with Gasteiger partial charge in [0.25, 0.3) is 0 Å². The van der Waals surface area contributed by atoms with Crippen LogP contribution in [-0.4, -0.2) is 22.8 Å². The molecule has 3 aromatic rings. The van der Waals surface area contributed by atoms with Crippen LogP contribution in [-0.2, 0) is 29.1 Å². The van der Waals surface area contributed by atoms with E-state index in [0.717, 1.165) is 16.7 Å². The molecule has 160 valence electrons. The summed E-state index contributed by atoms with van der Waals surface area (Å²) in [6.07, 6.45) is 0.208. The number of halogens is 1. The van der Waals surface area contributed by atoms with Gasteiger partial charge < -0.3 is 10.2 Å². The molecule has 2 amide bonds. The first kappa shape index (κ1) is 22.6. The van der Waals surface area contributed by atoms with Gasteiger partial charge in [-0.2, -0.15) is 0 Å². The number of nitrogens with one attached hydrogen (secondary N) is 1. The molecule has 0 spiro atoms. The lowest BCUT2D eigenvalue weighted by molar-refractivity contribution is -0.140. The predicted octanol–water partition coefficient (Wildman–Crippen LogP) is 4.92. The molecule has 0 radical (unpaired) electrons. The minimum atomic E-state index is -0.606. The predicted molar refractivity (Wildman–Crippen MR) is 125 cm³/mol. The Balaban J connectivity index is 1.72. The molecule has 0 aromatic heterocycles. The number of rotatable bonds is 8. The fraction of sp³-hybridized carbons (Fsp3) is 0.231. The van der Waals surface area contributed by atoms with E-state index in [1.54, 1.807) is 24.0 Å². The lowest BCUT2D eigenvalue weighted by Crippen LogP contribution is -2.47. The van der Waals surface area contributed by atoms with Gasteiger partial charge in [0.05, 0.1) is 6.42 Å². The lowest BCUT2D eigenvalue weighted by atomic mass is 10.1. The van der Waals surface area contributed by atoms with Crippen molar-refractivity contribution in [2.75, 3.05) is 0 Å². The highest BCUT2D eigenvalue weighted by Crippen LogP contribution is 2.15. The maximum atomic E-state index is 13.2. The molecule has 3 rings (SSSR count). The van der Waals surface area contributed by atoms with Gasteiger partial charge >= 0.3 is 0 Å². The molecule has 0 saturated heterocycles. The summed E-state index contributed by atoms with van der Waals surface area (Å²) < 4.78 is 0. The molecule has 0 unspecified atom stereocenters. The maximum absolute atomic E-state index is 13.2. The summed E-state index contributed by atoms with van der Waals surface area (Å²) in [7, 11) is 0. The molecule has 1 atom stereocenters. The largest absolute Gasteiger partial charge is 0.350 e. The average molecular weight is 435 g/mol. The summed E-state index contributed by atoms with van der Waals surface area (Å²) in [5.74, 6) is -0.287. The van der Waals surface area contributed by atoms with Crippen LogP contribution < -0.4 is 5.32 Å². The second kappa shape index (κ2) is 10.8. The zero-order valence-electron chi connectivity index (χ0n) is 17.8. The number of aryl methyl sites for hydroxylation is 1. The Hall–Kier alpha value is -3.11. The first-order valence-electron chi connectivity index (χ1n) is 10.3. The van der Waals surface area contributed by atoms with Gasteiger partial charge in [-0.25, -0.2) is 0 Å². The molecule has 4 nitrogen and oxygen atoms in total. The minimum Gasteiger partial charge on any atom is -0.350 e. The molecule has 1 N–H and O–H groups in total. The normalized spacial score (nSPS) is 11.6. The summed E-state index contributed by atoms with van der Waals surface area (Å²) in [6, 6.07) is 24.3. The van der Waals surface area contributed by atoms with Crippen LogP contribution in [0.5, 0.6) is 0 Å². The van der Waals surface area contributed by atoms with Crippen molar-refractivity contribution in [1.29, 1.82) is 0 Å². The van der Waals surface area contributed by atoms with Crippen LogP contribution in [0.2, 0.25) is 5.02 Å². The van der Waals surface area contributed by atoms with Gasteiger partial charge in [0.1, 0.15) is 6.04 Å². The van der Waals surface area contributed by atoms with Crippen molar-refractivity contribution >= 4 is 23.4 Å². The number of nitrogens with zero attached hydrogens (tertiary/aromatic N) is 1. The lowest BCUT2D eigenvalue weighted by Gasteiger charge is -2.29. The van der Waals surface area contributed by atoms with E-state index in [1.807, 2.05) is 73.7 Å². The van der Waals surface area contributed by atoms with E-state index in [4.69, 9.17) is 11.6 Å². The van der Waals surface area contributed by atoms with Crippen LogP contribution in [0.1, 0.15) is 29.2 Å². The van der Waals surface area contributed by atoms with Crippen molar-refractivity contribution in [3.8, 4) is 0 Å². The Morgan fingerprint density at radius 3 is 2.13 bits per heavy atom. The molecule has 0 aliphatic heterocycles. The maximum Gasteiger partial charge on any atom is 0.242 e. The molecule has 0 aliphatic carbocycles. The van der Waals surface area contributed by atoms with Gasteiger partial charge in [-0.1, -0.05) is 83.9 Å². The van der Waals surface area contributed by atoms with Crippen molar-refractivity contribution in [3.63, 3.8) is 0 Å². The number of benzene rings is 3. The molecule has 31 heavy (non-hydrogen) atoms. The molecule has 3 aromatic carbocycles. The second-order valence-corrected chi connectivity index (χ2v) is 8.13. The zero-order chi connectivity index (χ0) is 22.2. The van der Waals surface area contributed by atoms with E-state index in [1.165, 1.54) is 5.56 Å². The van der Waals surface area contributed by atoms with E-state index in [0.29, 0.717) is 18.1 Å². The first-order chi connectivity index (χ1) is 14.9. The quantitative estimate of drug-likeness (QED) is 0.546. The van der Waals surface area contributed by atoms with Crippen LogP contribution in [0.15, 0.2) is 78.9 Å². The second-order valence-electron chi connectivity index (χ2n) is 7.69. The van der Waals surface area contributed by atoms with E-state index < -0.39 is 6.04 Å². The molecule has 5 heteroatoms. The molecule has 0 bridgehead atoms. The fourth-order valence-corrected chi connectivity index (χ4v) is 3.41. The van der Waals surface area contributed by atoms with Crippen molar-refractivity contribution in [2.45, 2.75) is 39.4 Å². The van der Waals surface area contributed by atoms with E-state index in [-0.39, 0.29) is 18.2 Å². The summed E-state index contributed by atoms with van der Waals surface area (Å²) in [5.41, 5.74) is 4.03. The summed E-state index contributed by atoms with van der Waals surface area (Å²) in [4.78, 5) is 27.7. The number of carbonyl (C=O) groups is 2. The third-order valence-electron chi connectivity index (χ3n) is 5.22. The highest BCUT2D eigenvalue weighted by atomic mass is 35.5. The third-order valence-corrected chi connectivity index (χ3v) is 5.47. The molecule has 0 fully saturated rings. The van der Waals surface area contributed by atoms with Gasteiger partial charge in [-0.05, 0) is 42.7 Å². The Morgan fingerprint density at radius 2 is 1.48 bits per heavy atom. The average Bonchev–Trinajstić information content (AvgIpc) is 2.78. The SMILES string of the molecule is Cc1ccc(CNC(=O)[C@H](C)N(Cc2ccccc2)C(=O)Cc2ccc(Cl)cc2)cc1. The Morgan fingerprint density at radius 1 is 0.871 bits per heavy atom. The molecule has 0 saturated carbocycles. The van der Waals surface area contributed by atoms with Gasteiger partial charge in [0.15, 0.2) is 0 Å². The highest BCUT2D eigenvalue weighted by molar-refractivity contribution is 6.30. The first-order valence-corrected chi connectivity index (χ1v) is 10.7. The highest BCUT2D eigenvalue weighted by Gasteiger charge is 2.26. The van der Waals surface area contributed by atoms with Gasteiger partial charge in [0.2, 0.25) is 11.8 Å². The topological polar surface area (TPSA) is 49.4 Å². The van der Waals surface area contributed by atoms with Gasteiger partial charge in [-0.15, -0.1) is 0 Å². The van der Waals surface area contributed by atoms with E-state index in [9.17, 15) is 9.59 Å². The minimum absolute atomic E-state index is 0.107. The molecular formula is C26H27ClN2O2.